The highest BCUT2D eigenvalue weighted by Crippen LogP contribution is 2.30. The number of fused-ring (bicyclic) bond motifs is 1. The molecular formula is C19H18O6. The van der Waals surface area contributed by atoms with E-state index in [4.69, 9.17) is 18.9 Å². The molecule has 1 aliphatic rings. The molecule has 0 fully saturated rings. The van der Waals surface area contributed by atoms with E-state index in [9.17, 15) is 9.59 Å². The van der Waals surface area contributed by atoms with Gasteiger partial charge in [0.1, 0.15) is 5.75 Å². The zero-order chi connectivity index (χ0) is 17.5. The number of para-hydroxylation sites is 1. The molecule has 0 radical (unpaired) electrons. The number of hydrogen-bond donors (Lipinski definition) is 0. The highest BCUT2D eigenvalue weighted by atomic mass is 16.6. The van der Waals surface area contributed by atoms with Crippen molar-refractivity contribution in [3.8, 4) is 17.2 Å². The summed E-state index contributed by atoms with van der Waals surface area (Å²) in [6, 6.07) is 13.8. The van der Waals surface area contributed by atoms with Crippen LogP contribution in [0.2, 0.25) is 0 Å². The van der Waals surface area contributed by atoms with Crippen molar-refractivity contribution in [1.82, 2.24) is 0 Å². The highest BCUT2D eigenvalue weighted by molar-refractivity contribution is 5.98. The second-order valence-electron chi connectivity index (χ2n) is 5.40. The quantitative estimate of drug-likeness (QED) is 0.594. The molecule has 1 aliphatic heterocycles. The number of ether oxygens (including phenoxy) is 4. The minimum absolute atomic E-state index is 0.252. The van der Waals surface area contributed by atoms with Crippen molar-refractivity contribution in [3.05, 3.63) is 54.1 Å². The van der Waals surface area contributed by atoms with Gasteiger partial charge in [-0.15, -0.1) is 0 Å². The molecule has 0 bridgehead atoms. The normalized spacial score (nSPS) is 12.8. The third kappa shape index (κ3) is 4.73. The number of hydrogen-bond acceptors (Lipinski definition) is 6. The Kier molecular flexibility index (Phi) is 5.51. The third-order valence-electron chi connectivity index (χ3n) is 3.53. The Hall–Kier alpha value is -3.02. The molecule has 6 heteroatoms. The van der Waals surface area contributed by atoms with Crippen LogP contribution in [0.5, 0.6) is 17.2 Å². The van der Waals surface area contributed by atoms with Crippen LogP contribution in [0.3, 0.4) is 0 Å². The van der Waals surface area contributed by atoms with Crippen LogP contribution in [0.4, 0.5) is 0 Å². The molecule has 0 aromatic heterocycles. The van der Waals surface area contributed by atoms with E-state index in [1.54, 1.807) is 42.5 Å². The van der Waals surface area contributed by atoms with Crippen LogP contribution < -0.4 is 14.2 Å². The van der Waals surface area contributed by atoms with Crippen molar-refractivity contribution in [3.63, 3.8) is 0 Å². The standard InChI is InChI=1S/C19H18O6/c20-16(12-25-19(21)13-24-15-5-2-1-3-6-15)14-7-8-17-18(11-14)23-10-4-9-22-17/h1-3,5-8,11H,4,9-10,12-13H2. The number of rotatable bonds is 6. The summed E-state index contributed by atoms with van der Waals surface area (Å²) in [4.78, 5) is 23.9. The molecule has 0 saturated heterocycles. The van der Waals surface area contributed by atoms with Gasteiger partial charge in [0.2, 0.25) is 0 Å². The first-order chi connectivity index (χ1) is 12.2. The summed E-state index contributed by atoms with van der Waals surface area (Å²) in [5.41, 5.74) is 0.404. The molecule has 6 nitrogen and oxygen atoms in total. The van der Waals surface area contributed by atoms with Crippen molar-refractivity contribution in [2.75, 3.05) is 26.4 Å². The summed E-state index contributed by atoms with van der Waals surface area (Å²) in [7, 11) is 0. The maximum atomic E-state index is 12.2. The lowest BCUT2D eigenvalue weighted by atomic mass is 10.1. The SMILES string of the molecule is O=C(COc1ccccc1)OCC(=O)c1ccc2c(c1)OCCCO2. The lowest BCUT2D eigenvalue weighted by Gasteiger charge is -2.09. The minimum Gasteiger partial charge on any atom is -0.490 e. The molecular weight excluding hydrogens is 324 g/mol. The molecule has 0 spiro atoms. The number of carbonyl (C=O) groups is 2. The maximum absolute atomic E-state index is 12.2. The van der Waals surface area contributed by atoms with Gasteiger partial charge in [-0.05, 0) is 30.3 Å². The molecule has 0 unspecified atom stereocenters. The number of benzene rings is 2. The summed E-state index contributed by atoms with van der Waals surface area (Å²) in [5.74, 6) is 0.785. The lowest BCUT2D eigenvalue weighted by molar-refractivity contribution is -0.144. The summed E-state index contributed by atoms with van der Waals surface area (Å²) < 4.78 is 21.3. The van der Waals surface area contributed by atoms with E-state index >= 15 is 0 Å². The molecule has 0 aliphatic carbocycles. The van der Waals surface area contributed by atoms with E-state index in [0.29, 0.717) is 36.0 Å². The number of carbonyl (C=O) groups excluding carboxylic acids is 2. The van der Waals surface area contributed by atoms with E-state index in [1.165, 1.54) is 0 Å². The summed E-state index contributed by atoms with van der Waals surface area (Å²) in [6.45, 7) is 0.519. The molecule has 0 N–H and O–H groups in total. The Balaban J connectivity index is 1.50. The maximum Gasteiger partial charge on any atom is 0.344 e. The first kappa shape index (κ1) is 16.8. The molecule has 2 aromatic carbocycles. The van der Waals surface area contributed by atoms with Gasteiger partial charge in [0.15, 0.2) is 30.5 Å². The number of ketones is 1. The Morgan fingerprint density at radius 1 is 0.920 bits per heavy atom. The van der Waals surface area contributed by atoms with E-state index < -0.39 is 5.97 Å². The fourth-order valence-corrected chi connectivity index (χ4v) is 2.27. The van der Waals surface area contributed by atoms with Gasteiger partial charge in [-0.3, -0.25) is 4.79 Å². The van der Waals surface area contributed by atoms with Crippen LogP contribution in [0.25, 0.3) is 0 Å². The zero-order valence-electron chi connectivity index (χ0n) is 13.6. The van der Waals surface area contributed by atoms with Gasteiger partial charge in [-0.2, -0.15) is 0 Å². The average Bonchev–Trinajstić information content (AvgIpc) is 2.90. The molecule has 0 saturated carbocycles. The van der Waals surface area contributed by atoms with Crippen LogP contribution in [0.15, 0.2) is 48.5 Å². The molecule has 0 atom stereocenters. The highest BCUT2D eigenvalue weighted by Gasteiger charge is 2.15. The Morgan fingerprint density at radius 2 is 1.68 bits per heavy atom. The van der Waals surface area contributed by atoms with E-state index in [-0.39, 0.29) is 19.0 Å². The van der Waals surface area contributed by atoms with E-state index in [2.05, 4.69) is 0 Å². The van der Waals surface area contributed by atoms with Crippen LogP contribution in [0.1, 0.15) is 16.8 Å². The van der Waals surface area contributed by atoms with Crippen LogP contribution >= 0.6 is 0 Å². The topological polar surface area (TPSA) is 71.1 Å². The van der Waals surface area contributed by atoms with Gasteiger partial charge in [-0.25, -0.2) is 4.79 Å². The van der Waals surface area contributed by atoms with Crippen LogP contribution in [0, 0.1) is 0 Å². The summed E-state index contributed by atoms with van der Waals surface area (Å²) >= 11 is 0. The Morgan fingerprint density at radius 3 is 2.48 bits per heavy atom. The van der Waals surface area contributed by atoms with Gasteiger partial charge >= 0.3 is 5.97 Å². The first-order valence-electron chi connectivity index (χ1n) is 7.99. The Labute approximate surface area is 145 Å². The zero-order valence-corrected chi connectivity index (χ0v) is 13.6. The smallest absolute Gasteiger partial charge is 0.344 e. The molecule has 0 amide bonds. The van der Waals surface area contributed by atoms with Gasteiger partial charge in [0, 0.05) is 12.0 Å². The predicted molar refractivity (Wildman–Crippen MR) is 89.3 cm³/mol. The first-order valence-corrected chi connectivity index (χ1v) is 7.99. The Bertz CT molecular complexity index is 741. The lowest BCUT2D eigenvalue weighted by Crippen LogP contribution is -2.19. The third-order valence-corrected chi connectivity index (χ3v) is 3.53. The molecule has 1 heterocycles. The number of Topliss-reactive ketones (excluding diaryl/α,β-unsaturated/α-hetero) is 1. The van der Waals surface area contributed by atoms with Crippen molar-refractivity contribution < 1.29 is 28.5 Å². The van der Waals surface area contributed by atoms with Crippen molar-refractivity contribution >= 4 is 11.8 Å². The second kappa shape index (κ2) is 8.19. The predicted octanol–water partition coefficient (Wildman–Crippen LogP) is 2.65. The van der Waals surface area contributed by atoms with Crippen molar-refractivity contribution in [2.24, 2.45) is 0 Å². The molecule has 25 heavy (non-hydrogen) atoms. The van der Waals surface area contributed by atoms with Crippen LogP contribution in [-0.4, -0.2) is 38.2 Å². The summed E-state index contributed by atoms with van der Waals surface area (Å²) in [5, 5.41) is 0. The van der Waals surface area contributed by atoms with E-state index in [0.717, 1.165) is 6.42 Å². The minimum atomic E-state index is -0.605. The fourth-order valence-electron chi connectivity index (χ4n) is 2.27. The van der Waals surface area contributed by atoms with Gasteiger partial charge < -0.3 is 18.9 Å². The van der Waals surface area contributed by atoms with E-state index in [1.807, 2.05) is 6.07 Å². The van der Waals surface area contributed by atoms with Crippen molar-refractivity contribution in [1.29, 1.82) is 0 Å². The van der Waals surface area contributed by atoms with Gasteiger partial charge in [0.25, 0.3) is 0 Å². The number of esters is 1. The average molecular weight is 342 g/mol. The van der Waals surface area contributed by atoms with Gasteiger partial charge in [-0.1, -0.05) is 18.2 Å². The van der Waals surface area contributed by atoms with Crippen LogP contribution in [-0.2, 0) is 9.53 Å². The molecule has 2 aromatic rings. The fraction of sp³-hybridized carbons (Fsp3) is 0.263. The molecule has 130 valence electrons. The monoisotopic (exact) mass is 342 g/mol. The largest absolute Gasteiger partial charge is 0.490 e. The van der Waals surface area contributed by atoms with Crippen molar-refractivity contribution in [2.45, 2.75) is 6.42 Å². The second-order valence-corrected chi connectivity index (χ2v) is 5.40. The molecule has 3 rings (SSSR count). The van der Waals surface area contributed by atoms with Gasteiger partial charge in [0.05, 0.1) is 13.2 Å². The summed E-state index contributed by atoms with van der Waals surface area (Å²) in [6.07, 6.45) is 0.789.